The second kappa shape index (κ2) is 7.19. The molecule has 2 rings (SSSR count). The Kier molecular flexibility index (Phi) is 5.28. The van der Waals surface area contributed by atoms with Crippen LogP contribution in [0.4, 0.5) is 11.4 Å². The summed E-state index contributed by atoms with van der Waals surface area (Å²) in [5, 5.41) is 11.4. The number of esters is 1. The lowest BCUT2D eigenvalue weighted by Gasteiger charge is -2.17. The van der Waals surface area contributed by atoms with Crippen LogP contribution < -0.4 is 10.6 Å². The summed E-state index contributed by atoms with van der Waals surface area (Å²) < 4.78 is 4.59. The predicted octanol–water partition coefficient (Wildman–Crippen LogP) is 0.938. The molecule has 0 aliphatic carbocycles. The highest BCUT2D eigenvalue weighted by Crippen LogP contribution is 2.38. The van der Waals surface area contributed by atoms with E-state index in [1.54, 1.807) is 6.07 Å². The molecule has 1 aromatic rings. The van der Waals surface area contributed by atoms with Crippen LogP contribution in [0.2, 0.25) is 0 Å². The zero-order valence-electron chi connectivity index (χ0n) is 12.9. The van der Waals surface area contributed by atoms with Gasteiger partial charge in [-0.1, -0.05) is 6.07 Å². The number of anilines is 1. The van der Waals surface area contributed by atoms with Crippen molar-refractivity contribution < 1.29 is 19.2 Å². The molecule has 0 unspecified atom stereocenters. The molecule has 1 heterocycles. The number of ether oxygens (including phenoxy) is 1. The van der Waals surface area contributed by atoms with E-state index in [1.807, 2.05) is 0 Å². The van der Waals surface area contributed by atoms with Gasteiger partial charge in [0.05, 0.1) is 18.5 Å². The fourth-order valence-electron chi connectivity index (χ4n) is 2.71. The monoisotopic (exact) mass is 321 g/mol. The van der Waals surface area contributed by atoms with Gasteiger partial charge in [-0.05, 0) is 30.5 Å². The molecule has 0 spiro atoms. The number of benzene rings is 1. The van der Waals surface area contributed by atoms with Crippen molar-refractivity contribution in [3.05, 3.63) is 33.4 Å². The van der Waals surface area contributed by atoms with Crippen LogP contribution in [0.25, 0.3) is 0 Å². The zero-order chi connectivity index (χ0) is 17.0. The Morgan fingerprint density at radius 1 is 1.43 bits per heavy atom. The molecule has 0 aromatic heterocycles. The maximum atomic E-state index is 12.2. The largest absolute Gasteiger partial charge is 0.469 e. The number of nitro groups is 1. The summed E-state index contributed by atoms with van der Waals surface area (Å²) in [5.74, 6) is -0.633. The third kappa shape index (κ3) is 3.65. The van der Waals surface area contributed by atoms with Gasteiger partial charge in [0.2, 0.25) is 5.91 Å². The number of nitrogens with two attached hydrogens (primary N) is 1. The molecule has 124 valence electrons. The van der Waals surface area contributed by atoms with Crippen LogP contribution in [0, 0.1) is 10.1 Å². The van der Waals surface area contributed by atoms with Gasteiger partial charge in [-0.2, -0.15) is 0 Å². The minimum Gasteiger partial charge on any atom is -0.469 e. The molecule has 1 aromatic carbocycles. The molecule has 0 saturated carbocycles. The van der Waals surface area contributed by atoms with Crippen molar-refractivity contribution in [3.63, 3.8) is 0 Å². The van der Waals surface area contributed by atoms with Gasteiger partial charge >= 0.3 is 5.97 Å². The first-order valence-corrected chi connectivity index (χ1v) is 7.35. The Balaban J connectivity index is 2.37. The Hall–Kier alpha value is -2.48. The normalized spacial score (nSPS) is 12.9. The fraction of sp³-hybridized carbons (Fsp3) is 0.467. The first-order valence-electron chi connectivity index (χ1n) is 7.35. The molecule has 1 aliphatic rings. The minimum atomic E-state index is -0.520. The Morgan fingerprint density at radius 2 is 2.17 bits per heavy atom. The summed E-state index contributed by atoms with van der Waals surface area (Å²) in [4.78, 5) is 35.9. The molecule has 23 heavy (non-hydrogen) atoms. The topological polar surface area (TPSA) is 116 Å². The van der Waals surface area contributed by atoms with E-state index >= 15 is 0 Å². The van der Waals surface area contributed by atoms with Crippen LogP contribution in [0.15, 0.2) is 12.1 Å². The summed E-state index contributed by atoms with van der Waals surface area (Å²) in [6.07, 6.45) is 1.29. The minimum absolute atomic E-state index is 0.0360. The van der Waals surface area contributed by atoms with Crippen molar-refractivity contribution in [2.24, 2.45) is 5.73 Å². The highest BCUT2D eigenvalue weighted by molar-refractivity contribution is 5.98. The van der Waals surface area contributed by atoms with Crippen LogP contribution in [-0.4, -0.2) is 37.0 Å². The molecule has 8 heteroatoms. The Bertz CT molecular complexity index is 644. The lowest BCUT2D eigenvalue weighted by molar-refractivity contribution is -0.384. The number of carbonyl (C=O) groups is 2. The summed E-state index contributed by atoms with van der Waals surface area (Å²) in [7, 11) is 1.27. The summed E-state index contributed by atoms with van der Waals surface area (Å²) >= 11 is 0. The molecule has 1 amide bonds. The predicted molar refractivity (Wildman–Crippen MR) is 83.2 cm³/mol. The second-order valence-corrected chi connectivity index (χ2v) is 5.32. The van der Waals surface area contributed by atoms with Crippen LogP contribution in [-0.2, 0) is 27.2 Å². The highest BCUT2D eigenvalue weighted by atomic mass is 16.6. The number of carbonyl (C=O) groups excluding carboxylic acids is 2. The number of hydrogen-bond acceptors (Lipinski definition) is 6. The van der Waals surface area contributed by atoms with Gasteiger partial charge < -0.3 is 15.4 Å². The maximum Gasteiger partial charge on any atom is 0.309 e. The van der Waals surface area contributed by atoms with E-state index in [4.69, 9.17) is 5.73 Å². The van der Waals surface area contributed by atoms with Crippen molar-refractivity contribution in [2.45, 2.75) is 25.7 Å². The second-order valence-electron chi connectivity index (χ2n) is 5.32. The third-order valence-electron chi connectivity index (χ3n) is 3.77. The first kappa shape index (κ1) is 16.9. The molecule has 0 fully saturated rings. The van der Waals surface area contributed by atoms with Crippen molar-refractivity contribution in [1.82, 2.24) is 0 Å². The van der Waals surface area contributed by atoms with Crippen molar-refractivity contribution in [1.29, 1.82) is 0 Å². The first-order chi connectivity index (χ1) is 11.0. The number of amides is 1. The van der Waals surface area contributed by atoms with Crippen LogP contribution >= 0.6 is 0 Å². The summed E-state index contributed by atoms with van der Waals surface area (Å²) in [6, 6.07) is 3.07. The van der Waals surface area contributed by atoms with E-state index in [-0.39, 0.29) is 24.4 Å². The van der Waals surface area contributed by atoms with Gasteiger partial charge in [0, 0.05) is 19.0 Å². The molecule has 0 saturated heterocycles. The summed E-state index contributed by atoms with van der Waals surface area (Å²) in [5.41, 5.74) is 6.81. The highest BCUT2D eigenvalue weighted by Gasteiger charge is 2.32. The van der Waals surface area contributed by atoms with Crippen LogP contribution in [0.1, 0.15) is 24.0 Å². The average molecular weight is 321 g/mol. The van der Waals surface area contributed by atoms with Gasteiger partial charge in [-0.3, -0.25) is 19.7 Å². The van der Waals surface area contributed by atoms with Crippen molar-refractivity contribution in [2.75, 3.05) is 25.1 Å². The third-order valence-corrected chi connectivity index (χ3v) is 3.77. The number of methoxy groups -OCH3 is 1. The number of nitro benzene ring substituents is 1. The average Bonchev–Trinajstić information content (AvgIpc) is 2.95. The maximum absolute atomic E-state index is 12.2. The zero-order valence-corrected chi connectivity index (χ0v) is 12.9. The molecule has 0 bridgehead atoms. The smallest absolute Gasteiger partial charge is 0.309 e. The molecule has 8 nitrogen and oxygen atoms in total. The van der Waals surface area contributed by atoms with E-state index in [1.165, 1.54) is 18.1 Å². The van der Waals surface area contributed by atoms with Gasteiger partial charge in [0.25, 0.3) is 5.69 Å². The molecular formula is C15H19N3O5. The van der Waals surface area contributed by atoms with Crippen molar-refractivity contribution in [3.8, 4) is 0 Å². The Morgan fingerprint density at radius 3 is 2.78 bits per heavy atom. The van der Waals surface area contributed by atoms with Crippen molar-refractivity contribution >= 4 is 23.3 Å². The van der Waals surface area contributed by atoms with Gasteiger partial charge in [-0.15, -0.1) is 0 Å². The van der Waals surface area contributed by atoms with E-state index < -0.39 is 10.9 Å². The van der Waals surface area contributed by atoms with Crippen LogP contribution in [0.3, 0.4) is 0 Å². The van der Waals surface area contributed by atoms with Gasteiger partial charge in [0.15, 0.2) is 0 Å². The standard InChI is InChI=1S/C15H19N3O5/c1-23-14(20)9-10-7-11-4-6-17(13(19)3-2-5-16)15(11)12(8-10)18(21)22/h7-8H,2-6,9,16H2,1H3. The SMILES string of the molecule is COC(=O)Cc1cc2c(c([N+](=O)[O-])c1)N(C(=O)CCCN)CC2. The van der Waals surface area contributed by atoms with E-state index in [2.05, 4.69) is 4.74 Å². The molecule has 0 radical (unpaired) electrons. The summed E-state index contributed by atoms with van der Waals surface area (Å²) in [6.45, 7) is 0.799. The van der Waals surface area contributed by atoms with Gasteiger partial charge in [0.1, 0.15) is 5.69 Å². The van der Waals surface area contributed by atoms with Gasteiger partial charge in [-0.25, -0.2) is 0 Å². The number of nitrogens with zero attached hydrogens (tertiary/aromatic N) is 2. The van der Waals surface area contributed by atoms with E-state index in [0.29, 0.717) is 42.7 Å². The quantitative estimate of drug-likeness (QED) is 0.473. The van der Waals surface area contributed by atoms with Crippen LogP contribution in [0.5, 0.6) is 0 Å². The number of rotatable bonds is 6. The number of hydrogen-bond donors (Lipinski definition) is 1. The molecular weight excluding hydrogens is 302 g/mol. The Labute approximate surface area is 133 Å². The van der Waals surface area contributed by atoms with E-state index in [9.17, 15) is 19.7 Å². The number of fused-ring (bicyclic) bond motifs is 1. The molecule has 1 aliphatic heterocycles. The molecule has 2 N–H and O–H groups in total. The fourth-order valence-corrected chi connectivity index (χ4v) is 2.71. The molecule has 0 atom stereocenters. The lowest BCUT2D eigenvalue weighted by Crippen LogP contribution is -2.29. The van der Waals surface area contributed by atoms with E-state index in [0.717, 1.165) is 0 Å². The lowest BCUT2D eigenvalue weighted by atomic mass is 10.0.